The van der Waals surface area contributed by atoms with Gasteiger partial charge in [0.2, 0.25) is 0 Å². The van der Waals surface area contributed by atoms with Crippen LogP contribution in [0.1, 0.15) is 48.0 Å². The fourth-order valence-corrected chi connectivity index (χ4v) is 1.89. The van der Waals surface area contributed by atoms with Crippen LogP contribution in [0.5, 0.6) is 0 Å². The van der Waals surface area contributed by atoms with Gasteiger partial charge in [0.25, 0.3) is 0 Å². The first-order chi connectivity index (χ1) is 8.15. The van der Waals surface area contributed by atoms with Crippen molar-refractivity contribution in [1.82, 2.24) is 0 Å². The van der Waals surface area contributed by atoms with Crippen molar-refractivity contribution in [2.24, 2.45) is 0 Å². The molecule has 0 N–H and O–H groups in total. The number of halogens is 2. The lowest BCUT2D eigenvalue weighted by Crippen LogP contribution is -2.00. The lowest BCUT2D eigenvalue weighted by Gasteiger charge is -2.03. The highest BCUT2D eigenvalue weighted by atomic mass is 35.5. The van der Waals surface area contributed by atoms with E-state index in [4.69, 9.17) is 11.6 Å². The molecule has 0 saturated heterocycles. The van der Waals surface area contributed by atoms with Crippen LogP contribution in [0.25, 0.3) is 0 Å². The number of hydrogen-bond acceptors (Lipinski definition) is 1. The summed E-state index contributed by atoms with van der Waals surface area (Å²) in [7, 11) is 0. The zero-order chi connectivity index (χ0) is 12.7. The highest BCUT2D eigenvalue weighted by molar-refractivity contribution is 6.17. The molecule has 94 valence electrons. The fourth-order valence-electron chi connectivity index (χ4n) is 1.70. The van der Waals surface area contributed by atoms with E-state index in [1.54, 1.807) is 19.1 Å². The second-order valence-corrected chi connectivity index (χ2v) is 4.62. The molecule has 0 aliphatic carbocycles. The van der Waals surface area contributed by atoms with Crippen LogP contribution in [0.2, 0.25) is 0 Å². The van der Waals surface area contributed by atoms with Crippen molar-refractivity contribution in [2.45, 2.75) is 39.0 Å². The van der Waals surface area contributed by atoms with Crippen LogP contribution < -0.4 is 0 Å². The highest BCUT2D eigenvalue weighted by Gasteiger charge is 2.07. The lowest BCUT2D eigenvalue weighted by atomic mass is 10.0. The summed E-state index contributed by atoms with van der Waals surface area (Å²) in [5.74, 6) is 0.521. The molecule has 0 heterocycles. The first-order valence-electron chi connectivity index (χ1n) is 6.00. The zero-order valence-corrected chi connectivity index (χ0v) is 10.9. The van der Waals surface area contributed by atoms with Gasteiger partial charge in [-0.25, -0.2) is 4.39 Å². The van der Waals surface area contributed by atoms with Gasteiger partial charge in [-0.2, -0.15) is 0 Å². The minimum Gasteiger partial charge on any atom is -0.294 e. The maximum atomic E-state index is 13.0. The van der Waals surface area contributed by atoms with Crippen LogP contribution in [0.3, 0.4) is 0 Å². The van der Waals surface area contributed by atoms with E-state index in [0.29, 0.717) is 23.4 Å². The monoisotopic (exact) mass is 256 g/mol. The van der Waals surface area contributed by atoms with E-state index < -0.39 is 0 Å². The molecule has 3 heteroatoms. The molecule has 0 aromatic heterocycles. The summed E-state index contributed by atoms with van der Waals surface area (Å²) >= 11 is 5.57. The summed E-state index contributed by atoms with van der Waals surface area (Å²) in [4.78, 5) is 11.8. The summed E-state index contributed by atoms with van der Waals surface area (Å²) in [6.45, 7) is 1.67. The van der Waals surface area contributed by atoms with Crippen LogP contribution in [0.15, 0.2) is 18.2 Å². The molecule has 0 spiro atoms. The second kappa shape index (κ2) is 7.44. The van der Waals surface area contributed by atoms with Gasteiger partial charge in [-0.1, -0.05) is 12.8 Å². The molecule has 0 amide bonds. The van der Waals surface area contributed by atoms with Gasteiger partial charge in [-0.15, -0.1) is 11.6 Å². The molecule has 0 aliphatic rings. The Morgan fingerprint density at radius 2 is 1.94 bits per heavy atom. The van der Waals surface area contributed by atoms with Gasteiger partial charge in [0, 0.05) is 17.9 Å². The fraction of sp³-hybridized carbons (Fsp3) is 0.500. The molecule has 0 fully saturated rings. The molecule has 1 aromatic rings. The van der Waals surface area contributed by atoms with Crippen LogP contribution in [0.4, 0.5) is 4.39 Å². The molecule has 0 unspecified atom stereocenters. The van der Waals surface area contributed by atoms with Gasteiger partial charge in [-0.05, 0) is 43.5 Å². The number of aryl methyl sites for hydroxylation is 1. The van der Waals surface area contributed by atoms with E-state index in [2.05, 4.69) is 0 Å². The largest absolute Gasteiger partial charge is 0.294 e. The van der Waals surface area contributed by atoms with Gasteiger partial charge in [-0.3, -0.25) is 4.79 Å². The number of hydrogen-bond donors (Lipinski definition) is 0. The van der Waals surface area contributed by atoms with Crippen molar-refractivity contribution < 1.29 is 9.18 Å². The topological polar surface area (TPSA) is 17.1 Å². The van der Waals surface area contributed by atoms with Crippen molar-refractivity contribution in [1.29, 1.82) is 0 Å². The Morgan fingerprint density at radius 3 is 2.59 bits per heavy atom. The first kappa shape index (κ1) is 14.2. The molecule has 0 bridgehead atoms. The number of rotatable bonds is 7. The Morgan fingerprint density at radius 1 is 1.24 bits per heavy atom. The smallest absolute Gasteiger partial charge is 0.162 e. The van der Waals surface area contributed by atoms with Gasteiger partial charge < -0.3 is 0 Å². The molecule has 17 heavy (non-hydrogen) atoms. The van der Waals surface area contributed by atoms with E-state index in [-0.39, 0.29) is 11.6 Å². The van der Waals surface area contributed by atoms with E-state index in [1.807, 2.05) is 0 Å². The molecule has 0 radical (unpaired) electrons. The van der Waals surface area contributed by atoms with E-state index in [1.165, 1.54) is 6.07 Å². The van der Waals surface area contributed by atoms with Crippen LogP contribution in [-0.4, -0.2) is 11.7 Å². The summed E-state index contributed by atoms with van der Waals surface area (Å²) < 4.78 is 13.0. The van der Waals surface area contributed by atoms with Gasteiger partial charge >= 0.3 is 0 Å². The molecule has 0 atom stereocenters. The van der Waals surface area contributed by atoms with E-state index >= 15 is 0 Å². The summed E-state index contributed by atoms with van der Waals surface area (Å²) in [5.41, 5.74) is 1.14. The van der Waals surface area contributed by atoms with Crippen LogP contribution in [-0.2, 0) is 0 Å². The molecular weight excluding hydrogens is 239 g/mol. The predicted octanol–water partition coefficient (Wildman–Crippen LogP) is 4.51. The van der Waals surface area contributed by atoms with E-state index in [9.17, 15) is 9.18 Å². The third-order valence-corrected chi connectivity index (χ3v) is 3.03. The molecular formula is C14H18ClFO. The SMILES string of the molecule is Cc1cc(C(=O)CCCCCCCl)ccc1F. The van der Waals surface area contributed by atoms with Crippen molar-refractivity contribution >= 4 is 17.4 Å². The number of Topliss-reactive ketones (excluding diaryl/α,β-unsaturated/α-hetero) is 1. The number of carbonyl (C=O) groups excluding carboxylic acids is 1. The number of unbranched alkanes of at least 4 members (excludes halogenated alkanes) is 3. The minimum atomic E-state index is -0.260. The summed E-state index contributed by atoms with van der Waals surface area (Å²) in [5, 5.41) is 0. The van der Waals surface area contributed by atoms with E-state index in [0.717, 1.165) is 25.7 Å². The maximum Gasteiger partial charge on any atom is 0.162 e. The maximum absolute atomic E-state index is 13.0. The molecule has 0 aliphatic heterocycles. The standard InChI is InChI=1S/C14H18ClFO/c1-11-10-12(7-8-13(11)16)14(17)6-4-2-3-5-9-15/h7-8,10H,2-6,9H2,1H3. The highest BCUT2D eigenvalue weighted by Crippen LogP contribution is 2.13. The number of benzene rings is 1. The van der Waals surface area contributed by atoms with Gasteiger partial charge in [0.05, 0.1) is 0 Å². The third kappa shape index (κ3) is 4.86. The molecule has 1 nitrogen and oxygen atoms in total. The number of carbonyl (C=O) groups is 1. The van der Waals surface area contributed by atoms with Crippen molar-refractivity contribution in [3.63, 3.8) is 0 Å². The lowest BCUT2D eigenvalue weighted by molar-refractivity contribution is 0.0979. The van der Waals surface area contributed by atoms with Crippen LogP contribution >= 0.6 is 11.6 Å². The Labute approximate surface area is 107 Å². The van der Waals surface area contributed by atoms with Crippen molar-refractivity contribution in [2.75, 3.05) is 5.88 Å². The first-order valence-corrected chi connectivity index (χ1v) is 6.54. The quantitative estimate of drug-likeness (QED) is 0.399. The molecule has 1 aromatic carbocycles. The second-order valence-electron chi connectivity index (χ2n) is 4.24. The van der Waals surface area contributed by atoms with Crippen LogP contribution in [0, 0.1) is 12.7 Å². The average Bonchev–Trinajstić information content (AvgIpc) is 2.32. The Bertz CT molecular complexity index is 376. The predicted molar refractivity (Wildman–Crippen MR) is 69.3 cm³/mol. The third-order valence-electron chi connectivity index (χ3n) is 2.77. The number of alkyl halides is 1. The Hall–Kier alpha value is -0.890. The Balaban J connectivity index is 2.39. The summed E-state index contributed by atoms with van der Waals surface area (Å²) in [6, 6.07) is 4.54. The van der Waals surface area contributed by atoms with Gasteiger partial charge in [0.1, 0.15) is 5.82 Å². The zero-order valence-electron chi connectivity index (χ0n) is 10.1. The number of ketones is 1. The van der Waals surface area contributed by atoms with Crippen molar-refractivity contribution in [3.05, 3.63) is 35.1 Å². The van der Waals surface area contributed by atoms with Crippen molar-refractivity contribution in [3.8, 4) is 0 Å². The minimum absolute atomic E-state index is 0.0963. The molecule has 1 rings (SSSR count). The van der Waals surface area contributed by atoms with Gasteiger partial charge in [0.15, 0.2) is 5.78 Å². The average molecular weight is 257 g/mol. The Kier molecular flexibility index (Phi) is 6.20. The molecule has 0 saturated carbocycles. The normalized spacial score (nSPS) is 10.5. The summed E-state index contributed by atoms with van der Waals surface area (Å²) in [6.07, 6.45) is 4.52.